The Morgan fingerprint density at radius 1 is 1.30 bits per heavy atom. The molecule has 0 aromatic carbocycles. The number of nitrogens with one attached hydrogen (secondary N) is 2. The Labute approximate surface area is 166 Å². The van der Waals surface area contributed by atoms with Gasteiger partial charge < -0.3 is 20.1 Å². The Morgan fingerprint density at radius 3 is 2.85 bits per heavy atom. The Bertz CT molecular complexity index is 718. The van der Waals surface area contributed by atoms with Gasteiger partial charge in [-0.2, -0.15) is 0 Å². The quantitative estimate of drug-likeness (QED) is 0.371. The van der Waals surface area contributed by atoms with Gasteiger partial charge in [-0.25, -0.2) is 9.98 Å². The molecule has 2 N–H and O–H groups in total. The zero-order chi connectivity index (χ0) is 19.5. The number of rotatable bonds is 10. The maximum atomic E-state index is 5.69. The average Bonchev–Trinajstić information content (AvgIpc) is 3.05. The number of hydrogen-bond acceptors (Lipinski definition) is 5. The number of ether oxygens (including phenoxy) is 2. The van der Waals surface area contributed by atoms with Crippen molar-refractivity contribution < 1.29 is 9.47 Å². The van der Waals surface area contributed by atoms with Crippen LogP contribution in [-0.2, 0) is 17.7 Å². The van der Waals surface area contributed by atoms with Gasteiger partial charge in [0.2, 0.25) is 5.88 Å². The first-order chi connectivity index (χ1) is 13.1. The van der Waals surface area contributed by atoms with E-state index in [0.29, 0.717) is 25.6 Å². The summed E-state index contributed by atoms with van der Waals surface area (Å²) in [6, 6.07) is 8.53. The van der Waals surface area contributed by atoms with Crippen molar-refractivity contribution in [1.82, 2.24) is 15.6 Å². The summed E-state index contributed by atoms with van der Waals surface area (Å²) < 4.78 is 10.7. The van der Waals surface area contributed by atoms with Crippen LogP contribution in [0.1, 0.15) is 29.2 Å². The maximum Gasteiger partial charge on any atom is 0.218 e. The summed E-state index contributed by atoms with van der Waals surface area (Å²) >= 11 is 1.84. The second kappa shape index (κ2) is 11.6. The van der Waals surface area contributed by atoms with Crippen LogP contribution >= 0.6 is 11.3 Å². The highest BCUT2D eigenvalue weighted by atomic mass is 32.1. The van der Waals surface area contributed by atoms with E-state index in [1.807, 2.05) is 23.5 Å². The summed E-state index contributed by atoms with van der Waals surface area (Å²) in [4.78, 5) is 11.7. The third kappa shape index (κ3) is 7.56. The van der Waals surface area contributed by atoms with Crippen molar-refractivity contribution in [2.45, 2.75) is 39.8 Å². The van der Waals surface area contributed by atoms with Crippen LogP contribution in [0.4, 0.5) is 0 Å². The highest BCUT2D eigenvalue weighted by Gasteiger charge is 2.09. The third-order valence-electron chi connectivity index (χ3n) is 3.81. The lowest BCUT2D eigenvalue weighted by molar-refractivity contribution is 0.143. The van der Waals surface area contributed by atoms with Gasteiger partial charge in [0.1, 0.15) is 6.61 Å². The van der Waals surface area contributed by atoms with Gasteiger partial charge in [0.05, 0.1) is 13.2 Å². The standard InChI is InChI=1S/C20H30N4O2S/c1-5-21-20(24-15(2)13-18-9-8-16(3)27-18)23-14-17-7-6-10-22-19(17)26-12-11-25-4/h6-10,15H,5,11-14H2,1-4H3,(H2,21,23,24). The SMILES string of the molecule is CCNC(=NCc1cccnc1OCCOC)NC(C)Cc1ccc(C)s1. The number of thiophene rings is 1. The summed E-state index contributed by atoms with van der Waals surface area (Å²) in [5.74, 6) is 1.40. The van der Waals surface area contributed by atoms with Crippen LogP contribution in [0.5, 0.6) is 5.88 Å². The molecule has 0 amide bonds. The largest absolute Gasteiger partial charge is 0.475 e. The summed E-state index contributed by atoms with van der Waals surface area (Å²) in [7, 11) is 1.65. The molecule has 7 heteroatoms. The number of methoxy groups -OCH3 is 1. The van der Waals surface area contributed by atoms with E-state index in [1.165, 1.54) is 9.75 Å². The van der Waals surface area contributed by atoms with Gasteiger partial charge >= 0.3 is 0 Å². The molecule has 0 fully saturated rings. The molecule has 0 saturated carbocycles. The maximum absolute atomic E-state index is 5.69. The topological polar surface area (TPSA) is 67.8 Å². The van der Waals surface area contributed by atoms with E-state index in [2.05, 4.69) is 48.5 Å². The molecular weight excluding hydrogens is 360 g/mol. The van der Waals surface area contributed by atoms with Gasteiger partial charge in [-0.15, -0.1) is 11.3 Å². The molecule has 0 aliphatic carbocycles. The predicted molar refractivity (Wildman–Crippen MR) is 112 cm³/mol. The second-order valence-corrected chi connectivity index (χ2v) is 7.64. The minimum absolute atomic E-state index is 0.284. The van der Waals surface area contributed by atoms with Gasteiger partial charge in [0, 0.05) is 47.6 Å². The number of hydrogen-bond donors (Lipinski definition) is 2. The Balaban J connectivity index is 1.98. The van der Waals surface area contributed by atoms with Crippen molar-refractivity contribution in [3.63, 3.8) is 0 Å². The first kappa shape index (κ1) is 21.2. The van der Waals surface area contributed by atoms with E-state index in [4.69, 9.17) is 14.5 Å². The summed E-state index contributed by atoms with van der Waals surface area (Å²) in [6.07, 6.45) is 2.70. The second-order valence-electron chi connectivity index (χ2n) is 6.27. The molecular formula is C20H30N4O2S. The Morgan fingerprint density at radius 2 is 2.15 bits per heavy atom. The number of aryl methyl sites for hydroxylation is 1. The molecule has 0 spiro atoms. The molecule has 1 unspecified atom stereocenters. The van der Waals surface area contributed by atoms with Crippen molar-refractivity contribution in [3.8, 4) is 5.88 Å². The van der Waals surface area contributed by atoms with Crippen LogP contribution in [0.25, 0.3) is 0 Å². The first-order valence-electron chi connectivity index (χ1n) is 9.28. The minimum atomic E-state index is 0.284. The van der Waals surface area contributed by atoms with Crippen molar-refractivity contribution in [2.24, 2.45) is 4.99 Å². The van der Waals surface area contributed by atoms with Gasteiger partial charge in [-0.05, 0) is 39.0 Å². The van der Waals surface area contributed by atoms with E-state index in [9.17, 15) is 0 Å². The molecule has 0 saturated heterocycles. The molecule has 148 valence electrons. The molecule has 1 atom stereocenters. The highest BCUT2D eigenvalue weighted by Crippen LogP contribution is 2.17. The van der Waals surface area contributed by atoms with Crippen LogP contribution < -0.4 is 15.4 Å². The number of aromatic nitrogens is 1. The van der Waals surface area contributed by atoms with Crippen LogP contribution in [0, 0.1) is 6.92 Å². The minimum Gasteiger partial charge on any atom is -0.475 e. The molecule has 2 aromatic rings. The lowest BCUT2D eigenvalue weighted by atomic mass is 10.2. The van der Waals surface area contributed by atoms with Crippen LogP contribution in [0.2, 0.25) is 0 Å². The Hall–Kier alpha value is -2.12. The van der Waals surface area contributed by atoms with Crippen molar-refractivity contribution in [2.75, 3.05) is 26.9 Å². The van der Waals surface area contributed by atoms with E-state index in [1.54, 1.807) is 13.3 Å². The van der Waals surface area contributed by atoms with Crippen LogP contribution in [-0.4, -0.2) is 43.9 Å². The number of aliphatic imine (C=N–C) groups is 1. The van der Waals surface area contributed by atoms with Crippen LogP contribution in [0.3, 0.4) is 0 Å². The van der Waals surface area contributed by atoms with E-state index >= 15 is 0 Å². The van der Waals surface area contributed by atoms with Crippen LogP contribution in [0.15, 0.2) is 35.5 Å². The monoisotopic (exact) mass is 390 g/mol. The number of guanidine groups is 1. The fourth-order valence-corrected chi connectivity index (χ4v) is 3.58. The fourth-order valence-electron chi connectivity index (χ4n) is 2.56. The molecule has 27 heavy (non-hydrogen) atoms. The van der Waals surface area contributed by atoms with Crippen molar-refractivity contribution in [3.05, 3.63) is 45.8 Å². The molecule has 2 aromatic heterocycles. The Kier molecular flexibility index (Phi) is 9.07. The summed E-state index contributed by atoms with van der Waals surface area (Å²) in [6.45, 7) is 8.68. The van der Waals surface area contributed by atoms with E-state index in [-0.39, 0.29) is 6.04 Å². The molecule has 0 aliphatic rings. The van der Waals surface area contributed by atoms with E-state index < -0.39 is 0 Å². The molecule has 0 bridgehead atoms. The third-order valence-corrected chi connectivity index (χ3v) is 4.84. The summed E-state index contributed by atoms with van der Waals surface area (Å²) in [5, 5.41) is 6.79. The zero-order valence-corrected chi connectivity index (χ0v) is 17.4. The van der Waals surface area contributed by atoms with Crippen molar-refractivity contribution >= 4 is 17.3 Å². The molecule has 0 radical (unpaired) electrons. The first-order valence-corrected chi connectivity index (χ1v) is 10.1. The predicted octanol–water partition coefficient (Wildman–Crippen LogP) is 3.16. The van der Waals surface area contributed by atoms with Gasteiger partial charge in [0.25, 0.3) is 0 Å². The molecule has 0 aliphatic heterocycles. The molecule has 6 nitrogen and oxygen atoms in total. The fraction of sp³-hybridized carbons (Fsp3) is 0.500. The lowest BCUT2D eigenvalue weighted by Gasteiger charge is -2.17. The number of nitrogens with zero attached hydrogens (tertiary/aromatic N) is 2. The van der Waals surface area contributed by atoms with Gasteiger partial charge in [-0.3, -0.25) is 0 Å². The summed E-state index contributed by atoms with van der Waals surface area (Å²) in [5.41, 5.74) is 0.951. The number of pyridine rings is 1. The smallest absolute Gasteiger partial charge is 0.218 e. The van der Waals surface area contributed by atoms with Crippen molar-refractivity contribution in [1.29, 1.82) is 0 Å². The normalized spacial score (nSPS) is 12.7. The molecule has 2 rings (SSSR count). The zero-order valence-electron chi connectivity index (χ0n) is 16.6. The highest BCUT2D eigenvalue weighted by molar-refractivity contribution is 7.11. The van der Waals surface area contributed by atoms with Gasteiger partial charge in [-0.1, -0.05) is 6.07 Å². The average molecular weight is 391 g/mol. The van der Waals surface area contributed by atoms with Gasteiger partial charge in [0.15, 0.2) is 5.96 Å². The van der Waals surface area contributed by atoms with E-state index in [0.717, 1.165) is 24.5 Å². The molecule has 2 heterocycles. The lowest BCUT2D eigenvalue weighted by Crippen LogP contribution is -2.43.